The van der Waals surface area contributed by atoms with Crippen molar-refractivity contribution < 1.29 is 4.84 Å². The minimum atomic E-state index is 0.363. The van der Waals surface area contributed by atoms with E-state index in [1.165, 1.54) is 0 Å². The van der Waals surface area contributed by atoms with Gasteiger partial charge in [0, 0.05) is 11.5 Å². The van der Waals surface area contributed by atoms with Gasteiger partial charge < -0.3 is 4.84 Å². The van der Waals surface area contributed by atoms with Crippen LogP contribution < -0.4 is 0 Å². The van der Waals surface area contributed by atoms with Crippen molar-refractivity contribution in [3.63, 3.8) is 0 Å². The van der Waals surface area contributed by atoms with Gasteiger partial charge in [-0.15, -0.1) is 0 Å². The summed E-state index contributed by atoms with van der Waals surface area (Å²) in [6.07, 6.45) is 1.01. The Morgan fingerprint density at radius 3 is 2.87 bits per heavy atom. The molecule has 4 heteroatoms. The van der Waals surface area contributed by atoms with E-state index in [9.17, 15) is 0 Å². The molecule has 0 saturated carbocycles. The highest BCUT2D eigenvalue weighted by Crippen LogP contribution is 2.26. The van der Waals surface area contributed by atoms with E-state index >= 15 is 0 Å². The van der Waals surface area contributed by atoms with E-state index in [2.05, 4.69) is 12.1 Å². The molecule has 15 heavy (non-hydrogen) atoms. The lowest BCUT2D eigenvalue weighted by atomic mass is 9.96. The zero-order valence-corrected chi connectivity index (χ0v) is 9.85. The second-order valence-electron chi connectivity index (χ2n) is 3.51. The van der Waals surface area contributed by atoms with Crippen molar-refractivity contribution in [2.24, 2.45) is 11.1 Å². The summed E-state index contributed by atoms with van der Waals surface area (Å²) >= 11 is 11.8. The van der Waals surface area contributed by atoms with Crippen molar-refractivity contribution in [2.45, 2.75) is 13.3 Å². The van der Waals surface area contributed by atoms with Crippen molar-refractivity contribution in [3.8, 4) is 0 Å². The molecule has 1 aliphatic rings. The lowest BCUT2D eigenvalue weighted by Crippen LogP contribution is -2.13. The number of oxime groups is 1. The molecule has 2 rings (SSSR count). The largest absolute Gasteiger partial charge is 0.395 e. The van der Waals surface area contributed by atoms with Gasteiger partial charge in [0.15, 0.2) is 0 Å². The maximum absolute atomic E-state index is 5.96. The Balaban J connectivity index is 2.33. The molecule has 1 heterocycles. The van der Waals surface area contributed by atoms with E-state index in [-0.39, 0.29) is 0 Å². The van der Waals surface area contributed by atoms with Crippen molar-refractivity contribution in [1.29, 1.82) is 0 Å². The monoisotopic (exact) mass is 243 g/mol. The molecular weight excluding hydrogens is 233 g/mol. The number of nitrogens with zero attached hydrogens (tertiary/aromatic N) is 1. The highest BCUT2D eigenvalue weighted by atomic mass is 35.5. The average molecular weight is 244 g/mol. The molecule has 0 radical (unpaired) electrons. The summed E-state index contributed by atoms with van der Waals surface area (Å²) < 4.78 is 0. The van der Waals surface area contributed by atoms with Crippen LogP contribution in [0.1, 0.15) is 18.9 Å². The minimum absolute atomic E-state index is 0.363. The molecule has 1 aromatic carbocycles. The van der Waals surface area contributed by atoms with Crippen LogP contribution in [-0.2, 0) is 4.84 Å². The van der Waals surface area contributed by atoms with Crippen LogP contribution in [0.4, 0.5) is 0 Å². The molecule has 2 nitrogen and oxygen atoms in total. The summed E-state index contributed by atoms with van der Waals surface area (Å²) in [5.41, 5.74) is 1.96. The SMILES string of the molecule is CCC1CON=C1c1ccc(Cl)c(Cl)c1. The Labute approximate surface area is 98.8 Å². The van der Waals surface area contributed by atoms with Crippen LogP contribution >= 0.6 is 23.2 Å². The molecule has 1 atom stereocenters. The first kappa shape index (κ1) is 10.8. The summed E-state index contributed by atoms with van der Waals surface area (Å²) in [6, 6.07) is 5.54. The summed E-state index contributed by atoms with van der Waals surface area (Å²) in [6.45, 7) is 2.78. The van der Waals surface area contributed by atoms with Gasteiger partial charge in [0.05, 0.1) is 15.8 Å². The molecule has 0 bridgehead atoms. The van der Waals surface area contributed by atoms with E-state index in [1.807, 2.05) is 12.1 Å². The molecule has 0 aliphatic carbocycles. The van der Waals surface area contributed by atoms with Gasteiger partial charge in [-0.05, 0) is 18.6 Å². The van der Waals surface area contributed by atoms with Crippen LogP contribution in [0.15, 0.2) is 23.4 Å². The zero-order valence-electron chi connectivity index (χ0n) is 8.34. The van der Waals surface area contributed by atoms with Gasteiger partial charge >= 0.3 is 0 Å². The van der Waals surface area contributed by atoms with Crippen molar-refractivity contribution >= 4 is 28.9 Å². The second kappa shape index (κ2) is 4.42. The molecule has 1 unspecified atom stereocenters. The molecule has 1 aliphatic heterocycles. The molecule has 0 aromatic heterocycles. The topological polar surface area (TPSA) is 21.6 Å². The summed E-state index contributed by atoms with van der Waals surface area (Å²) in [7, 11) is 0. The number of hydrogen-bond acceptors (Lipinski definition) is 2. The van der Waals surface area contributed by atoms with E-state index < -0.39 is 0 Å². The molecule has 0 N–H and O–H groups in total. The normalized spacial score (nSPS) is 19.9. The fourth-order valence-corrected chi connectivity index (χ4v) is 1.90. The van der Waals surface area contributed by atoms with Crippen LogP contribution in [0.3, 0.4) is 0 Å². The lowest BCUT2D eigenvalue weighted by molar-refractivity contribution is 0.154. The smallest absolute Gasteiger partial charge is 0.125 e. The highest BCUT2D eigenvalue weighted by molar-refractivity contribution is 6.42. The highest BCUT2D eigenvalue weighted by Gasteiger charge is 2.23. The van der Waals surface area contributed by atoms with Crippen molar-refractivity contribution in [3.05, 3.63) is 33.8 Å². The molecular formula is C11H11Cl2NO. The van der Waals surface area contributed by atoms with E-state index in [0.717, 1.165) is 17.7 Å². The number of hydrogen-bond donors (Lipinski definition) is 0. The van der Waals surface area contributed by atoms with Crippen LogP contribution in [0.2, 0.25) is 10.0 Å². The van der Waals surface area contributed by atoms with Crippen LogP contribution in [0.25, 0.3) is 0 Å². The van der Waals surface area contributed by atoms with Gasteiger partial charge in [0.1, 0.15) is 6.61 Å². The van der Waals surface area contributed by atoms with Crippen LogP contribution in [-0.4, -0.2) is 12.3 Å². The first-order valence-electron chi connectivity index (χ1n) is 4.87. The third kappa shape index (κ3) is 2.11. The molecule has 1 aromatic rings. The third-order valence-electron chi connectivity index (χ3n) is 2.53. The fourth-order valence-electron chi connectivity index (χ4n) is 1.61. The molecule has 80 valence electrons. The third-order valence-corrected chi connectivity index (χ3v) is 3.27. The number of halogens is 2. The lowest BCUT2D eigenvalue weighted by Gasteiger charge is -2.07. The molecule has 0 spiro atoms. The summed E-state index contributed by atoms with van der Waals surface area (Å²) in [4.78, 5) is 5.10. The summed E-state index contributed by atoms with van der Waals surface area (Å²) in [5.74, 6) is 0.363. The Morgan fingerprint density at radius 1 is 1.40 bits per heavy atom. The Hall–Kier alpha value is -0.730. The Bertz CT molecular complexity index is 404. The number of rotatable bonds is 2. The van der Waals surface area contributed by atoms with Gasteiger partial charge in [-0.25, -0.2) is 0 Å². The Kier molecular flexibility index (Phi) is 3.17. The minimum Gasteiger partial charge on any atom is -0.395 e. The van der Waals surface area contributed by atoms with E-state index in [4.69, 9.17) is 28.0 Å². The predicted octanol–water partition coefficient (Wildman–Crippen LogP) is 3.75. The van der Waals surface area contributed by atoms with Gasteiger partial charge in [0.25, 0.3) is 0 Å². The molecule has 0 saturated heterocycles. The second-order valence-corrected chi connectivity index (χ2v) is 4.32. The fraction of sp³-hybridized carbons (Fsp3) is 0.364. The summed E-state index contributed by atoms with van der Waals surface area (Å²) in [5, 5.41) is 5.16. The predicted molar refractivity (Wildman–Crippen MR) is 62.7 cm³/mol. The van der Waals surface area contributed by atoms with Gasteiger partial charge in [-0.1, -0.05) is 41.3 Å². The quantitative estimate of drug-likeness (QED) is 0.776. The first-order valence-corrected chi connectivity index (χ1v) is 5.63. The zero-order chi connectivity index (χ0) is 10.8. The maximum Gasteiger partial charge on any atom is 0.125 e. The van der Waals surface area contributed by atoms with Crippen molar-refractivity contribution in [1.82, 2.24) is 0 Å². The Morgan fingerprint density at radius 2 is 2.20 bits per heavy atom. The van der Waals surface area contributed by atoms with Gasteiger partial charge in [-0.2, -0.15) is 0 Å². The first-order chi connectivity index (χ1) is 7.22. The van der Waals surface area contributed by atoms with E-state index in [1.54, 1.807) is 6.07 Å². The molecule has 0 fully saturated rings. The number of benzene rings is 1. The molecule has 0 amide bonds. The van der Waals surface area contributed by atoms with Gasteiger partial charge in [-0.3, -0.25) is 0 Å². The van der Waals surface area contributed by atoms with Crippen LogP contribution in [0.5, 0.6) is 0 Å². The maximum atomic E-state index is 5.96. The standard InChI is InChI=1S/C11H11Cl2NO/c1-2-7-6-15-14-11(7)8-3-4-9(12)10(13)5-8/h3-5,7H,2,6H2,1H3. The van der Waals surface area contributed by atoms with E-state index in [0.29, 0.717) is 22.6 Å². The van der Waals surface area contributed by atoms with Crippen LogP contribution in [0, 0.1) is 5.92 Å². The average Bonchev–Trinajstić information content (AvgIpc) is 2.70. The van der Waals surface area contributed by atoms with Gasteiger partial charge in [0.2, 0.25) is 0 Å². The van der Waals surface area contributed by atoms with Crippen molar-refractivity contribution in [2.75, 3.05) is 6.61 Å².